The molecule has 0 saturated heterocycles. The number of halogens is 1. The van der Waals surface area contributed by atoms with E-state index in [1.165, 1.54) is 23.5 Å². The van der Waals surface area contributed by atoms with Gasteiger partial charge in [-0.15, -0.1) is 10.2 Å². The van der Waals surface area contributed by atoms with E-state index in [4.69, 9.17) is 4.74 Å². The maximum Gasteiger partial charge on any atom is 0.174 e. The molecule has 3 nitrogen and oxygen atoms in total. The predicted molar refractivity (Wildman–Crippen MR) is 67.1 cm³/mol. The van der Waals surface area contributed by atoms with Crippen LogP contribution in [0.3, 0.4) is 0 Å². The Bertz CT molecular complexity index is 433. The van der Waals surface area contributed by atoms with Gasteiger partial charge in [0.15, 0.2) is 4.34 Å². The van der Waals surface area contributed by atoms with E-state index >= 15 is 0 Å². The van der Waals surface area contributed by atoms with Crippen LogP contribution in [0.4, 0.5) is 4.39 Å². The summed E-state index contributed by atoms with van der Waals surface area (Å²) >= 11 is 3.21. The summed E-state index contributed by atoms with van der Waals surface area (Å²) in [7, 11) is 0. The van der Waals surface area contributed by atoms with Gasteiger partial charge in [0.25, 0.3) is 0 Å². The first-order chi connectivity index (χ1) is 8.34. The smallest absolute Gasteiger partial charge is 0.174 e. The molecule has 17 heavy (non-hydrogen) atoms. The number of aromatic nitrogens is 2. The first-order valence-electron chi connectivity index (χ1n) is 5.12. The molecule has 1 heterocycles. The zero-order chi connectivity index (χ0) is 11.9. The second kappa shape index (κ2) is 6.56. The van der Waals surface area contributed by atoms with Crippen molar-refractivity contribution in [1.82, 2.24) is 10.2 Å². The van der Waals surface area contributed by atoms with E-state index < -0.39 is 0 Å². The van der Waals surface area contributed by atoms with Crippen molar-refractivity contribution in [2.75, 3.05) is 12.4 Å². The first kappa shape index (κ1) is 12.3. The van der Waals surface area contributed by atoms with Crippen LogP contribution in [0.15, 0.2) is 34.1 Å². The molecule has 0 N–H and O–H groups in total. The van der Waals surface area contributed by atoms with Crippen LogP contribution in [-0.2, 0) is 0 Å². The lowest BCUT2D eigenvalue weighted by Crippen LogP contribution is -1.98. The normalized spacial score (nSPS) is 10.4. The zero-order valence-corrected chi connectivity index (χ0v) is 10.6. The number of thioether (sulfide) groups is 1. The Morgan fingerprint density at radius 3 is 2.82 bits per heavy atom. The van der Waals surface area contributed by atoms with E-state index in [2.05, 4.69) is 10.2 Å². The summed E-state index contributed by atoms with van der Waals surface area (Å²) in [6, 6.07) is 6.05. The van der Waals surface area contributed by atoms with Crippen LogP contribution in [-0.4, -0.2) is 22.6 Å². The van der Waals surface area contributed by atoms with Crippen molar-refractivity contribution >= 4 is 23.1 Å². The number of ether oxygens (including phenoxy) is 1. The lowest BCUT2D eigenvalue weighted by atomic mass is 10.3. The molecular formula is C11H11FN2OS2. The summed E-state index contributed by atoms with van der Waals surface area (Å²) in [4.78, 5) is 0. The minimum absolute atomic E-state index is 0.246. The van der Waals surface area contributed by atoms with Gasteiger partial charge in [-0.05, 0) is 30.7 Å². The van der Waals surface area contributed by atoms with Crippen molar-refractivity contribution in [1.29, 1.82) is 0 Å². The summed E-state index contributed by atoms with van der Waals surface area (Å²) in [5.41, 5.74) is 1.72. The van der Waals surface area contributed by atoms with Crippen LogP contribution in [0.5, 0.6) is 5.75 Å². The average Bonchev–Trinajstić information content (AvgIpc) is 2.84. The fourth-order valence-electron chi connectivity index (χ4n) is 1.17. The molecule has 1 aromatic heterocycles. The highest BCUT2D eigenvalue weighted by Crippen LogP contribution is 2.19. The molecule has 0 aliphatic carbocycles. The monoisotopic (exact) mass is 270 g/mol. The molecule has 2 rings (SSSR count). The Kier molecular flexibility index (Phi) is 4.75. The molecule has 0 bridgehead atoms. The minimum Gasteiger partial charge on any atom is -0.494 e. The van der Waals surface area contributed by atoms with Crippen molar-refractivity contribution in [3.05, 3.63) is 35.6 Å². The van der Waals surface area contributed by atoms with Gasteiger partial charge in [0, 0.05) is 5.75 Å². The fourth-order valence-corrected chi connectivity index (χ4v) is 2.64. The van der Waals surface area contributed by atoms with Crippen LogP contribution in [0.25, 0.3) is 0 Å². The van der Waals surface area contributed by atoms with Gasteiger partial charge in [-0.3, -0.25) is 0 Å². The highest BCUT2D eigenvalue weighted by atomic mass is 32.2. The maximum absolute atomic E-state index is 12.6. The molecule has 1 aromatic carbocycles. The van der Waals surface area contributed by atoms with E-state index in [0.717, 1.165) is 16.5 Å². The highest BCUT2D eigenvalue weighted by Gasteiger charge is 1.98. The Labute approximate surface area is 107 Å². The number of rotatable bonds is 6. The van der Waals surface area contributed by atoms with Crippen LogP contribution < -0.4 is 4.74 Å². The molecule has 0 fully saturated rings. The van der Waals surface area contributed by atoms with Gasteiger partial charge in [-0.1, -0.05) is 23.1 Å². The van der Waals surface area contributed by atoms with Crippen molar-refractivity contribution in [3.8, 4) is 5.75 Å². The van der Waals surface area contributed by atoms with E-state index in [1.54, 1.807) is 29.4 Å². The van der Waals surface area contributed by atoms with Crippen molar-refractivity contribution < 1.29 is 9.13 Å². The molecule has 0 atom stereocenters. The van der Waals surface area contributed by atoms with Crippen LogP contribution >= 0.6 is 23.1 Å². The molecule has 0 radical (unpaired) electrons. The Hall–Kier alpha value is -1.14. The third-order valence-electron chi connectivity index (χ3n) is 1.94. The molecule has 0 saturated carbocycles. The number of benzene rings is 1. The zero-order valence-electron chi connectivity index (χ0n) is 9.01. The highest BCUT2D eigenvalue weighted by molar-refractivity contribution is 8.00. The second-order valence-electron chi connectivity index (χ2n) is 3.21. The average molecular weight is 270 g/mol. The van der Waals surface area contributed by atoms with Gasteiger partial charge in [-0.2, -0.15) is 0 Å². The molecule has 2 aromatic rings. The predicted octanol–water partition coefficient (Wildman–Crippen LogP) is 3.24. The van der Waals surface area contributed by atoms with E-state index in [9.17, 15) is 4.39 Å². The molecule has 0 aliphatic heterocycles. The first-order valence-corrected chi connectivity index (χ1v) is 6.98. The summed E-state index contributed by atoms with van der Waals surface area (Å²) in [5.74, 6) is 1.40. The van der Waals surface area contributed by atoms with Crippen LogP contribution in [0.1, 0.15) is 6.42 Å². The quantitative estimate of drug-likeness (QED) is 0.596. The molecule has 0 unspecified atom stereocenters. The molecule has 6 heteroatoms. The third kappa shape index (κ3) is 4.32. The number of hydrogen-bond donors (Lipinski definition) is 0. The standard InChI is InChI=1S/C11H11FN2OS2/c12-9-2-4-10(5-3-9)15-6-1-7-16-11-14-13-8-17-11/h2-5,8H,1,6-7H2. The van der Waals surface area contributed by atoms with Crippen LogP contribution in [0, 0.1) is 5.82 Å². The van der Waals surface area contributed by atoms with Gasteiger partial charge in [0.1, 0.15) is 17.1 Å². The van der Waals surface area contributed by atoms with E-state index in [0.29, 0.717) is 12.4 Å². The summed E-state index contributed by atoms with van der Waals surface area (Å²) < 4.78 is 19.1. The van der Waals surface area contributed by atoms with E-state index in [1.807, 2.05) is 0 Å². The molecule has 90 valence electrons. The van der Waals surface area contributed by atoms with Gasteiger partial charge in [0.05, 0.1) is 6.61 Å². The van der Waals surface area contributed by atoms with Crippen molar-refractivity contribution in [3.63, 3.8) is 0 Å². The molecule has 0 spiro atoms. The Balaban J connectivity index is 1.61. The summed E-state index contributed by atoms with van der Waals surface area (Å²) in [6.07, 6.45) is 0.918. The van der Waals surface area contributed by atoms with Crippen molar-refractivity contribution in [2.45, 2.75) is 10.8 Å². The SMILES string of the molecule is Fc1ccc(OCCCSc2nncs2)cc1. The van der Waals surface area contributed by atoms with Gasteiger partial charge < -0.3 is 4.74 Å². The summed E-state index contributed by atoms with van der Waals surface area (Å²) in [5, 5.41) is 7.69. The number of nitrogens with zero attached hydrogens (tertiary/aromatic N) is 2. The Morgan fingerprint density at radius 2 is 2.12 bits per heavy atom. The van der Waals surface area contributed by atoms with Gasteiger partial charge >= 0.3 is 0 Å². The fraction of sp³-hybridized carbons (Fsp3) is 0.273. The van der Waals surface area contributed by atoms with Crippen LogP contribution in [0.2, 0.25) is 0 Å². The van der Waals surface area contributed by atoms with Crippen molar-refractivity contribution in [2.24, 2.45) is 0 Å². The second-order valence-corrected chi connectivity index (χ2v) is 5.38. The lowest BCUT2D eigenvalue weighted by molar-refractivity contribution is 0.318. The minimum atomic E-state index is -0.246. The summed E-state index contributed by atoms with van der Waals surface area (Å²) in [6.45, 7) is 0.622. The molecular weight excluding hydrogens is 259 g/mol. The molecule has 0 aliphatic rings. The largest absolute Gasteiger partial charge is 0.494 e. The van der Waals surface area contributed by atoms with E-state index in [-0.39, 0.29) is 5.82 Å². The van der Waals surface area contributed by atoms with Gasteiger partial charge in [0.2, 0.25) is 0 Å². The maximum atomic E-state index is 12.6. The third-order valence-corrected chi connectivity index (χ3v) is 3.88. The topological polar surface area (TPSA) is 35.0 Å². The van der Waals surface area contributed by atoms with Gasteiger partial charge in [-0.25, -0.2) is 4.39 Å². The lowest BCUT2D eigenvalue weighted by Gasteiger charge is -2.04. The number of hydrogen-bond acceptors (Lipinski definition) is 5. The molecule has 0 amide bonds. The Morgan fingerprint density at radius 1 is 1.29 bits per heavy atom.